The number of nitrogens with zero attached hydrogens (tertiary/aromatic N) is 4. The summed E-state index contributed by atoms with van der Waals surface area (Å²) < 4.78 is 43.4. The Labute approximate surface area is 214 Å². The van der Waals surface area contributed by atoms with Crippen LogP contribution >= 0.6 is 11.5 Å². The molecule has 0 bridgehead atoms. The van der Waals surface area contributed by atoms with E-state index in [1.165, 1.54) is 30.6 Å². The van der Waals surface area contributed by atoms with Crippen molar-refractivity contribution in [2.24, 2.45) is 0 Å². The molecule has 0 spiro atoms. The fourth-order valence-electron chi connectivity index (χ4n) is 4.63. The fourth-order valence-corrected chi connectivity index (χ4v) is 5.13. The van der Waals surface area contributed by atoms with Gasteiger partial charge in [0, 0.05) is 42.1 Å². The highest BCUT2D eigenvalue weighted by atomic mass is 32.1. The number of pyridine rings is 1. The lowest BCUT2D eigenvalue weighted by Gasteiger charge is -2.32. The topological polar surface area (TPSA) is 88.1 Å². The number of benzene rings is 2. The van der Waals surface area contributed by atoms with Crippen LogP contribution in [0.5, 0.6) is 0 Å². The molecule has 4 aromatic rings. The minimum atomic E-state index is -4.52. The van der Waals surface area contributed by atoms with E-state index in [2.05, 4.69) is 19.9 Å². The highest BCUT2D eigenvalue weighted by Gasteiger charge is 2.33. The zero-order valence-corrected chi connectivity index (χ0v) is 20.6. The number of carbonyl (C=O) groups is 2. The van der Waals surface area contributed by atoms with Gasteiger partial charge in [0.15, 0.2) is 4.83 Å². The first-order chi connectivity index (χ1) is 17.7. The maximum atomic E-state index is 13.2. The lowest BCUT2D eigenvalue weighted by molar-refractivity contribution is -0.138. The number of likely N-dealkylation sites (tertiary alicyclic amines) is 1. The van der Waals surface area contributed by atoms with Gasteiger partial charge in [-0.3, -0.25) is 9.59 Å². The summed E-state index contributed by atoms with van der Waals surface area (Å²) in [6.45, 7) is 2.50. The van der Waals surface area contributed by atoms with E-state index in [0.717, 1.165) is 24.5 Å². The molecule has 0 saturated carbocycles. The summed E-state index contributed by atoms with van der Waals surface area (Å²) in [5.74, 6) is -0.420. The number of hydrogen-bond donors (Lipinski definition) is 1. The Hall–Kier alpha value is -3.86. The molecule has 2 aromatic carbocycles. The molecule has 11 heteroatoms. The van der Waals surface area contributed by atoms with E-state index >= 15 is 0 Å². The Bertz CT molecular complexity index is 1460. The van der Waals surface area contributed by atoms with Gasteiger partial charge < -0.3 is 10.2 Å². The molecule has 7 nitrogen and oxygen atoms in total. The third-order valence-corrected chi connectivity index (χ3v) is 7.31. The molecule has 1 aliphatic heterocycles. The number of amides is 2. The van der Waals surface area contributed by atoms with Gasteiger partial charge in [-0.2, -0.15) is 13.2 Å². The van der Waals surface area contributed by atoms with Gasteiger partial charge in [-0.15, -0.1) is 5.10 Å². The first-order valence-corrected chi connectivity index (χ1v) is 12.4. The molecule has 2 amide bonds. The molecule has 3 heterocycles. The zero-order chi connectivity index (χ0) is 26.2. The van der Waals surface area contributed by atoms with Crippen molar-refractivity contribution in [3.63, 3.8) is 0 Å². The molecular formula is C26H22F3N5O2S. The summed E-state index contributed by atoms with van der Waals surface area (Å²) in [5, 5.41) is 6.67. The number of rotatable bonds is 4. The lowest BCUT2D eigenvalue weighted by atomic mass is 9.89. The molecule has 5 rings (SSSR count). The first-order valence-electron chi connectivity index (χ1n) is 11.7. The number of nitrogens with one attached hydrogen (secondary N) is 1. The highest BCUT2D eigenvalue weighted by molar-refractivity contribution is 7.12. The van der Waals surface area contributed by atoms with Crippen molar-refractivity contribution < 1.29 is 22.8 Å². The van der Waals surface area contributed by atoms with Crippen LogP contribution in [-0.2, 0) is 6.18 Å². The largest absolute Gasteiger partial charge is 0.416 e. The molecule has 1 fully saturated rings. The zero-order valence-electron chi connectivity index (χ0n) is 19.7. The molecule has 0 radical (unpaired) electrons. The standard InChI is InChI=1S/C26H22F3N5O2S/c1-15-20(3-2-4-21(15)26(27,28)29)23(35)31-19-7-5-16(6-8-19)17-9-11-34(12-10-17)25(36)18-13-22-24(30-14-18)37-33-32-22/h2-8,13-14,17H,9-12H2,1H3,(H,31,35). The van der Waals surface area contributed by atoms with E-state index < -0.39 is 17.6 Å². The predicted octanol–water partition coefficient (Wildman–Crippen LogP) is 5.69. The normalized spacial score (nSPS) is 14.6. The maximum Gasteiger partial charge on any atom is 0.416 e. The van der Waals surface area contributed by atoms with E-state index in [4.69, 9.17) is 0 Å². The molecule has 2 aromatic heterocycles. The van der Waals surface area contributed by atoms with Crippen molar-refractivity contribution in [3.05, 3.63) is 82.5 Å². The lowest BCUT2D eigenvalue weighted by Crippen LogP contribution is -2.38. The SMILES string of the molecule is Cc1c(C(=O)Nc2ccc(C3CCN(C(=O)c4cnc5snnc5c4)CC3)cc2)cccc1C(F)(F)F. The van der Waals surface area contributed by atoms with Crippen molar-refractivity contribution in [1.29, 1.82) is 0 Å². The van der Waals surface area contributed by atoms with Crippen LogP contribution in [0, 0.1) is 6.92 Å². The molecule has 1 saturated heterocycles. The molecule has 37 heavy (non-hydrogen) atoms. The van der Waals surface area contributed by atoms with Crippen LogP contribution < -0.4 is 5.32 Å². The highest BCUT2D eigenvalue weighted by Crippen LogP contribution is 2.33. The second kappa shape index (κ2) is 9.89. The van der Waals surface area contributed by atoms with Gasteiger partial charge in [-0.1, -0.05) is 22.7 Å². The van der Waals surface area contributed by atoms with Crippen molar-refractivity contribution in [2.45, 2.75) is 31.9 Å². The number of carbonyl (C=O) groups excluding carboxylic acids is 2. The molecule has 1 aliphatic rings. The quantitative estimate of drug-likeness (QED) is 0.370. The van der Waals surface area contributed by atoms with E-state index in [1.54, 1.807) is 24.4 Å². The van der Waals surface area contributed by atoms with Crippen LogP contribution in [0.25, 0.3) is 10.3 Å². The molecule has 0 aliphatic carbocycles. The van der Waals surface area contributed by atoms with Crippen LogP contribution in [0.4, 0.5) is 18.9 Å². The van der Waals surface area contributed by atoms with Gasteiger partial charge in [0.2, 0.25) is 0 Å². The Balaban J connectivity index is 1.20. The number of alkyl halides is 3. The summed E-state index contributed by atoms with van der Waals surface area (Å²) in [5.41, 5.74) is 1.74. The van der Waals surface area contributed by atoms with Crippen LogP contribution in [0.15, 0.2) is 54.7 Å². The third-order valence-electron chi connectivity index (χ3n) is 6.66. The van der Waals surface area contributed by atoms with Gasteiger partial charge in [0.05, 0.1) is 11.1 Å². The summed E-state index contributed by atoms with van der Waals surface area (Å²) in [6.07, 6.45) is -1.39. The van der Waals surface area contributed by atoms with Gasteiger partial charge in [0.25, 0.3) is 11.8 Å². The number of piperidine rings is 1. The monoisotopic (exact) mass is 525 g/mol. The summed E-state index contributed by atoms with van der Waals surface area (Å²) in [6, 6.07) is 12.6. The fraction of sp³-hybridized carbons (Fsp3) is 0.269. The summed E-state index contributed by atoms with van der Waals surface area (Å²) in [7, 11) is 0. The summed E-state index contributed by atoms with van der Waals surface area (Å²) >= 11 is 1.18. The molecule has 0 atom stereocenters. The molecule has 0 unspecified atom stereocenters. The second-order valence-corrected chi connectivity index (χ2v) is 9.67. The van der Waals surface area contributed by atoms with Crippen LogP contribution in [0.3, 0.4) is 0 Å². The van der Waals surface area contributed by atoms with Gasteiger partial charge in [-0.25, -0.2) is 4.98 Å². The van der Waals surface area contributed by atoms with Gasteiger partial charge in [0.1, 0.15) is 5.52 Å². The average Bonchev–Trinajstić information content (AvgIpc) is 3.36. The number of hydrogen-bond acceptors (Lipinski definition) is 6. The van der Waals surface area contributed by atoms with E-state index in [9.17, 15) is 22.8 Å². The Kier molecular flexibility index (Phi) is 6.63. The smallest absolute Gasteiger partial charge is 0.339 e. The predicted molar refractivity (Wildman–Crippen MR) is 134 cm³/mol. The van der Waals surface area contributed by atoms with Crippen molar-refractivity contribution in [2.75, 3.05) is 18.4 Å². The van der Waals surface area contributed by atoms with Gasteiger partial charge in [-0.05, 0) is 67.1 Å². The van der Waals surface area contributed by atoms with E-state index in [1.807, 2.05) is 17.0 Å². The average molecular weight is 526 g/mol. The Morgan fingerprint density at radius 1 is 1.08 bits per heavy atom. The number of anilines is 1. The Morgan fingerprint density at radius 3 is 2.51 bits per heavy atom. The van der Waals surface area contributed by atoms with Crippen LogP contribution in [0.1, 0.15) is 56.2 Å². The number of fused-ring (bicyclic) bond motifs is 1. The second-order valence-electron chi connectivity index (χ2n) is 8.94. The summed E-state index contributed by atoms with van der Waals surface area (Å²) in [4.78, 5) is 32.3. The van der Waals surface area contributed by atoms with E-state index in [-0.39, 0.29) is 23.0 Å². The van der Waals surface area contributed by atoms with E-state index in [0.29, 0.717) is 34.7 Å². The van der Waals surface area contributed by atoms with Crippen molar-refractivity contribution in [3.8, 4) is 0 Å². The Morgan fingerprint density at radius 2 is 1.81 bits per heavy atom. The van der Waals surface area contributed by atoms with Gasteiger partial charge >= 0.3 is 6.18 Å². The maximum absolute atomic E-state index is 13.2. The minimum absolute atomic E-state index is 0.0173. The number of halogens is 3. The molecule has 190 valence electrons. The molecular weight excluding hydrogens is 503 g/mol. The minimum Gasteiger partial charge on any atom is -0.339 e. The number of aromatic nitrogens is 3. The van der Waals surface area contributed by atoms with Crippen molar-refractivity contribution >= 4 is 39.4 Å². The first kappa shape index (κ1) is 24.8. The van der Waals surface area contributed by atoms with Crippen molar-refractivity contribution in [1.82, 2.24) is 19.5 Å². The van der Waals surface area contributed by atoms with Crippen LogP contribution in [-0.4, -0.2) is 44.4 Å². The third kappa shape index (κ3) is 5.17. The molecule has 1 N–H and O–H groups in total. The van der Waals surface area contributed by atoms with Crippen LogP contribution in [0.2, 0.25) is 0 Å².